The lowest BCUT2D eigenvalue weighted by Crippen LogP contribution is -2.25. The molecule has 0 atom stereocenters. The van der Waals surface area contributed by atoms with Gasteiger partial charge in [-0.15, -0.1) is 0 Å². The summed E-state index contributed by atoms with van der Waals surface area (Å²) in [6.07, 6.45) is 1.53. The van der Waals surface area contributed by atoms with E-state index in [4.69, 9.17) is 14.2 Å². The van der Waals surface area contributed by atoms with E-state index in [1.54, 1.807) is 19.9 Å². The predicted octanol–water partition coefficient (Wildman–Crippen LogP) is 2.52. The van der Waals surface area contributed by atoms with E-state index in [9.17, 15) is 14.4 Å². The molecule has 0 saturated heterocycles. The molecule has 6 nitrogen and oxygen atoms in total. The molecule has 0 fully saturated rings. The summed E-state index contributed by atoms with van der Waals surface area (Å²) in [5, 5.41) is 0. The molecule has 24 heavy (non-hydrogen) atoms. The van der Waals surface area contributed by atoms with E-state index in [2.05, 4.69) is 0 Å². The molecule has 1 rings (SSSR count). The second kappa shape index (κ2) is 11.0. The number of hydrogen-bond acceptors (Lipinski definition) is 6. The Morgan fingerprint density at radius 2 is 1.50 bits per heavy atom. The number of rotatable bonds is 9. The Kier molecular flexibility index (Phi) is 8.89. The summed E-state index contributed by atoms with van der Waals surface area (Å²) in [5.74, 6) is -1.71. The van der Waals surface area contributed by atoms with Gasteiger partial charge in [0, 0.05) is 6.08 Å². The van der Waals surface area contributed by atoms with E-state index in [-0.39, 0.29) is 26.1 Å². The van der Waals surface area contributed by atoms with Crippen molar-refractivity contribution in [2.24, 2.45) is 0 Å². The second-order valence-corrected chi connectivity index (χ2v) is 4.82. The highest BCUT2D eigenvalue weighted by atomic mass is 16.6. The molecule has 0 amide bonds. The van der Waals surface area contributed by atoms with Crippen molar-refractivity contribution >= 4 is 24.0 Å². The third-order valence-electron chi connectivity index (χ3n) is 2.89. The second-order valence-electron chi connectivity index (χ2n) is 4.82. The molecule has 0 unspecified atom stereocenters. The maximum absolute atomic E-state index is 11.9. The molecule has 0 saturated carbocycles. The van der Waals surface area contributed by atoms with Crippen LogP contribution < -0.4 is 0 Å². The lowest BCUT2D eigenvalue weighted by Gasteiger charge is -2.15. The SMILES string of the molecule is CCOC(=O)CC(CC(=O)OCC)OC(=O)C=Cc1ccccc1. The van der Waals surface area contributed by atoms with E-state index in [1.165, 1.54) is 6.08 Å². The van der Waals surface area contributed by atoms with Crippen LogP contribution in [0.25, 0.3) is 6.08 Å². The van der Waals surface area contributed by atoms with Crippen molar-refractivity contribution in [2.45, 2.75) is 32.8 Å². The first-order valence-electron chi connectivity index (χ1n) is 7.80. The van der Waals surface area contributed by atoms with Gasteiger partial charge < -0.3 is 14.2 Å². The minimum Gasteiger partial charge on any atom is -0.466 e. The van der Waals surface area contributed by atoms with Crippen LogP contribution in [0.3, 0.4) is 0 Å². The Morgan fingerprint density at radius 3 is 2.00 bits per heavy atom. The predicted molar refractivity (Wildman–Crippen MR) is 87.9 cm³/mol. The molecule has 0 bridgehead atoms. The van der Waals surface area contributed by atoms with Gasteiger partial charge in [-0.3, -0.25) is 9.59 Å². The Labute approximate surface area is 141 Å². The molecule has 0 aliphatic rings. The Hall–Kier alpha value is -2.63. The first-order valence-corrected chi connectivity index (χ1v) is 7.80. The maximum Gasteiger partial charge on any atom is 0.331 e. The summed E-state index contributed by atoms with van der Waals surface area (Å²) in [5.41, 5.74) is 0.835. The smallest absolute Gasteiger partial charge is 0.331 e. The fourth-order valence-electron chi connectivity index (χ4n) is 1.90. The van der Waals surface area contributed by atoms with Crippen LogP contribution in [0.2, 0.25) is 0 Å². The Balaban J connectivity index is 2.64. The number of esters is 3. The number of ether oxygens (including phenoxy) is 3. The van der Waals surface area contributed by atoms with Crippen molar-refractivity contribution in [3.63, 3.8) is 0 Å². The summed E-state index contributed by atoms with van der Waals surface area (Å²) in [4.78, 5) is 35.0. The third kappa shape index (κ3) is 8.12. The van der Waals surface area contributed by atoms with Crippen LogP contribution in [-0.2, 0) is 28.6 Å². The van der Waals surface area contributed by atoms with Crippen LogP contribution in [0.15, 0.2) is 36.4 Å². The van der Waals surface area contributed by atoms with Gasteiger partial charge in [0.2, 0.25) is 0 Å². The molecule has 1 aromatic carbocycles. The standard InChI is InChI=1S/C18H22O6/c1-3-22-17(20)12-15(13-18(21)23-4-2)24-16(19)11-10-14-8-6-5-7-9-14/h5-11,15H,3-4,12-13H2,1-2H3. The summed E-state index contributed by atoms with van der Waals surface area (Å²) < 4.78 is 14.8. The van der Waals surface area contributed by atoms with Crippen LogP contribution in [0.1, 0.15) is 32.3 Å². The maximum atomic E-state index is 11.9. The zero-order valence-corrected chi connectivity index (χ0v) is 13.9. The van der Waals surface area contributed by atoms with Crippen molar-refractivity contribution in [1.82, 2.24) is 0 Å². The molecular formula is C18H22O6. The van der Waals surface area contributed by atoms with E-state index in [0.717, 1.165) is 5.56 Å². The van der Waals surface area contributed by atoms with Gasteiger partial charge in [0.1, 0.15) is 6.10 Å². The molecule has 6 heteroatoms. The quantitative estimate of drug-likeness (QED) is 0.392. The summed E-state index contributed by atoms with van der Waals surface area (Å²) in [6, 6.07) is 9.21. The first kappa shape index (κ1) is 19.4. The van der Waals surface area contributed by atoms with Gasteiger partial charge >= 0.3 is 17.9 Å². The van der Waals surface area contributed by atoms with Crippen LogP contribution in [0.4, 0.5) is 0 Å². The van der Waals surface area contributed by atoms with Crippen molar-refractivity contribution in [2.75, 3.05) is 13.2 Å². The Morgan fingerprint density at radius 1 is 0.958 bits per heavy atom. The average molecular weight is 334 g/mol. The molecule has 0 N–H and O–H groups in total. The molecule has 1 aromatic rings. The van der Waals surface area contributed by atoms with E-state index >= 15 is 0 Å². The molecule has 0 heterocycles. The average Bonchev–Trinajstić information content (AvgIpc) is 2.54. The molecule has 0 aliphatic carbocycles. The van der Waals surface area contributed by atoms with Gasteiger partial charge in [-0.1, -0.05) is 30.3 Å². The molecule has 0 spiro atoms. The lowest BCUT2D eigenvalue weighted by atomic mass is 10.2. The van der Waals surface area contributed by atoms with Gasteiger partial charge in [0.15, 0.2) is 0 Å². The number of carbonyl (C=O) groups is 3. The molecule has 0 radical (unpaired) electrons. The number of benzene rings is 1. The minimum atomic E-state index is -0.920. The van der Waals surface area contributed by atoms with E-state index in [0.29, 0.717) is 0 Å². The van der Waals surface area contributed by atoms with Crippen molar-refractivity contribution in [1.29, 1.82) is 0 Å². The number of hydrogen-bond donors (Lipinski definition) is 0. The van der Waals surface area contributed by atoms with Crippen LogP contribution in [0.5, 0.6) is 0 Å². The first-order chi connectivity index (χ1) is 11.5. The van der Waals surface area contributed by atoms with Crippen LogP contribution in [-0.4, -0.2) is 37.2 Å². The van der Waals surface area contributed by atoms with Crippen molar-refractivity contribution in [3.05, 3.63) is 42.0 Å². The fourth-order valence-corrected chi connectivity index (χ4v) is 1.90. The van der Waals surface area contributed by atoms with Gasteiger partial charge in [-0.2, -0.15) is 0 Å². The molecule has 0 aromatic heterocycles. The molecule has 130 valence electrons. The van der Waals surface area contributed by atoms with Crippen LogP contribution >= 0.6 is 0 Å². The zero-order valence-electron chi connectivity index (χ0n) is 13.9. The topological polar surface area (TPSA) is 78.9 Å². The summed E-state index contributed by atoms with van der Waals surface area (Å²) >= 11 is 0. The van der Waals surface area contributed by atoms with Gasteiger partial charge in [-0.25, -0.2) is 4.79 Å². The third-order valence-corrected chi connectivity index (χ3v) is 2.89. The summed E-state index contributed by atoms with van der Waals surface area (Å²) in [7, 11) is 0. The summed E-state index contributed by atoms with van der Waals surface area (Å²) in [6.45, 7) is 3.78. The highest BCUT2D eigenvalue weighted by molar-refractivity contribution is 5.87. The van der Waals surface area contributed by atoms with Crippen LogP contribution in [0, 0.1) is 0 Å². The number of carbonyl (C=O) groups excluding carboxylic acids is 3. The highest BCUT2D eigenvalue weighted by Gasteiger charge is 2.22. The largest absolute Gasteiger partial charge is 0.466 e. The van der Waals surface area contributed by atoms with Gasteiger partial charge in [0.25, 0.3) is 0 Å². The fraction of sp³-hybridized carbons (Fsp3) is 0.389. The highest BCUT2D eigenvalue weighted by Crippen LogP contribution is 2.09. The van der Waals surface area contributed by atoms with Crippen molar-refractivity contribution in [3.8, 4) is 0 Å². The Bertz CT molecular complexity index is 544. The molecular weight excluding hydrogens is 312 g/mol. The van der Waals surface area contributed by atoms with Gasteiger partial charge in [-0.05, 0) is 25.5 Å². The lowest BCUT2D eigenvalue weighted by molar-refractivity contribution is -0.156. The van der Waals surface area contributed by atoms with Crippen molar-refractivity contribution < 1.29 is 28.6 Å². The van der Waals surface area contributed by atoms with E-state index < -0.39 is 24.0 Å². The zero-order chi connectivity index (χ0) is 17.8. The molecule has 0 aliphatic heterocycles. The van der Waals surface area contributed by atoms with Gasteiger partial charge in [0.05, 0.1) is 26.1 Å². The van der Waals surface area contributed by atoms with E-state index in [1.807, 2.05) is 30.3 Å². The normalized spacial score (nSPS) is 10.6. The monoisotopic (exact) mass is 334 g/mol. The minimum absolute atomic E-state index is 0.197.